The maximum absolute atomic E-state index is 12.1. The molecule has 0 aromatic heterocycles. The van der Waals surface area contributed by atoms with Crippen LogP contribution in [-0.4, -0.2) is 44.5 Å². The highest BCUT2D eigenvalue weighted by molar-refractivity contribution is 7.87. The molecule has 0 aliphatic carbocycles. The third-order valence-electron chi connectivity index (χ3n) is 2.97. The number of benzene rings is 1. The van der Waals surface area contributed by atoms with Crippen LogP contribution in [0.15, 0.2) is 24.3 Å². The Labute approximate surface area is 124 Å². The van der Waals surface area contributed by atoms with Crippen molar-refractivity contribution in [2.45, 2.75) is 19.4 Å². The maximum Gasteiger partial charge on any atom is 0.304 e. The highest BCUT2D eigenvalue weighted by Gasteiger charge is 2.21. The molecular weight excluding hydrogens is 296 g/mol. The van der Waals surface area contributed by atoms with Gasteiger partial charge in [0.15, 0.2) is 0 Å². The van der Waals surface area contributed by atoms with Gasteiger partial charge in [0.1, 0.15) is 5.75 Å². The van der Waals surface area contributed by atoms with Crippen LogP contribution in [0, 0.1) is 0 Å². The SMILES string of the molecule is COc1cccc([C@H](C)NS(=O)(=O)N(C)CCC(=O)O)c1. The Morgan fingerprint density at radius 3 is 2.71 bits per heavy atom. The van der Waals surface area contributed by atoms with Gasteiger partial charge in [0.2, 0.25) is 0 Å². The lowest BCUT2D eigenvalue weighted by atomic mass is 10.1. The van der Waals surface area contributed by atoms with Crippen molar-refractivity contribution in [3.05, 3.63) is 29.8 Å². The van der Waals surface area contributed by atoms with Crippen LogP contribution in [0.4, 0.5) is 0 Å². The molecule has 0 amide bonds. The monoisotopic (exact) mass is 316 g/mol. The topological polar surface area (TPSA) is 95.9 Å². The Balaban J connectivity index is 2.75. The molecular formula is C13H20N2O5S. The highest BCUT2D eigenvalue weighted by Crippen LogP contribution is 2.19. The van der Waals surface area contributed by atoms with Gasteiger partial charge in [-0.1, -0.05) is 12.1 Å². The first kappa shape index (κ1) is 17.4. The number of nitrogens with one attached hydrogen (secondary N) is 1. The van der Waals surface area contributed by atoms with Crippen LogP contribution < -0.4 is 9.46 Å². The summed E-state index contributed by atoms with van der Waals surface area (Å²) in [5.74, 6) is -0.407. The quantitative estimate of drug-likeness (QED) is 0.746. The Kier molecular flexibility index (Phi) is 6.13. The first-order valence-corrected chi connectivity index (χ1v) is 7.79. The average Bonchev–Trinajstić information content (AvgIpc) is 2.44. The van der Waals surface area contributed by atoms with Gasteiger partial charge in [0, 0.05) is 19.6 Å². The number of hydrogen-bond donors (Lipinski definition) is 2. The number of aliphatic carboxylic acids is 1. The lowest BCUT2D eigenvalue weighted by molar-refractivity contribution is -0.137. The predicted molar refractivity (Wildman–Crippen MR) is 78.3 cm³/mol. The van der Waals surface area contributed by atoms with E-state index < -0.39 is 22.2 Å². The number of carbonyl (C=O) groups is 1. The van der Waals surface area contributed by atoms with Gasteiger partial charge in [-0.15, -0.1) is 0 Å². The molecule has 0 saturated carbocycles. The van der Waals surface area contributed by atoms with Gasteiger partial charge in [-0.05, 0) is 24.6 Å². The van der Waals surface area contributed by atoms with Gasteiger partial charge >= 0.3 is 5.97 Å². The summed E-state index contributed by atoms with van der Waals surface area (Å²) in [6.45, 7) is 1.62. The fourth-order valence-corrected chi connectivity index (χ4v) is 2.76. The van der Waals surface area contributed by atoms with Crippen molar-refractivity contribution >= 4 is 16.2 Å². The van der Waals surface area contributed by atoms with Crippen molar-refractivity contribution in [1.29, 1.82) is 0 Å². The number of nitrogens with zero attached hydrogens (tertiary/aromatic N) is 1. The van der Waals surface area contributed by atoms with Crippen LogP contribution in [0.25, 0.3) is 0 Å². The van der Waals surface area contributed by atoms with Crippen LogP contribution in [0.3, 0.4) is 0 Å². The van der Waals surface area contributed by atoms with Gasteiger partial charge < -0.3 is 9.84 Å². The smallest absolute Gasteiger partial charge is 0.304 e. The Morgan fingerprint density at radius 1 is 1.48 bits per heavy atom. The number of rotatable bonds is 8. The zero-order valence-corrected chi connectivity index (χ0v) is 13.1. The lowest BCUT2D eigenvalue weighted by Gasteiger charge is -2.21. The lowest BCUT2D eigenvalue weighted by Crippen LogP contribution is -2.40. The van der Waals surface area contributed by atoms with Gasteiger partial charge in [-0.2, -0.15) is 17.4 Å². The van der Waals surface area contributed by atoms with Gasteiger partial charge in [-0.25, -0.2) is 0 Å². The third kappa shape index (κ3) is 5.33. The van der Waals surface area contributed by atoms with Crippen molar-refractivity contribution in [2.75, 3.05) is 20.7 Å². The standard InChI is InChI=1S/C13H20N2O5S/c1-10(11-5-4-6-12(9-11)20-3)14-21(18,19)15(2)8-7-13(16)17/h4-6,9-10,14H,7-8H2,1-3H3,(H,16,17)/t10-/m0/s1. The van der Waals surface area contributed by atoms with Crippen molar-refractivity contribution < 1.29 is 23.1 Å². The predicted octanol–water partition coefficient (Wildman–Crippen LogP) is 0.997. The van der Waals surface area contributed by atoms with E-state index in [1.807, 2.05) is 0 Å². The summed E-state index contributed by atoms with van der Waals surface area (Å²) in [6, 6.07) is 6.60. The van der Waals surface area contributed by atoms with E-state index in [9.17, 15) is 13.2 Å². The summed E-state index contributed by atoms with van der Waals surface area (Å²) in [6.07, 6.45) is -0.245. The van der Waals surface area contributed by atoms with Crippen LogP contribution in [0.1, 0.15) is 24.9 Å². The first-order valence-electron chi connectivity index (χ1n) is 6.35. The molecule has 21 heavy (non-hydrogen) atoms. The molecule has 0 spiro atoms. The fourth-order valence-electron chi connectivity index (χ4n) is 1.67. The van der Waals surface area contributed by atoms with E-state index in [0.717, 1.165) is 9.87 Å². The molecule has 0 aliphatic rings. The Bertz CT molecular complexity index is 588. The minimum atomic E-state index is -3.74. The summed E-state index contributed by atoms with van der Waals surface area (Å²) in [5.41, 5.74) is 0.754. The van der Waals surface area contributed by atoms with Crippen molar-refractivity contribution in [3.8, 4) is 5.75 Å². The molecule has 118 valence electrons. The molecule has 1 aromatic carbocycles. The van der Waals surface area contributed by atoms with E-state index >= 15 is 0 Å². The second-order valence-electron chi connectivity index (χ2n) is 4.59. The molecule has 0 unspecified atom stereocenters. The first-order chi connectivity index (χ1) is 9.76. The number of ether oxygens (including phenoxy) is 1. The molecule has 2 N–H and O–H groups in total. The summed E-state index contributed by atoms with van der Waals surface area (Å²) >= 11 is 0. The highest BCUT2D eigenvalue weighted by atomic mass is 32.2. The second-order valence-corrected chi connectivity index (χ2v) is 6.40. The minimum Gasteiger partial charge on any atom is -0.497 e. The van der Waals surface area contributed by atoms with Gasteiger partial charge in [0.25, 0.3) is 10.2 Å². The molecule has 8 heteroatoms. The number of carboxylic acid groups (broad SMARTS) is 1. The molecule has 0 saturated heterocycles. The molecule has 0 heterocycles. The van der Waals surface area contributed by atoms with E-state index in [2.05, 4.69) is 4.72 Å². The van der Waals surface area contributed by atoms with Gasteiger partial charge in [0.05, 0.1) is 13.5 Å². The van der Waals surface area contributed by atoms with Crippen LogP contribution in [0.5, 0.6) is 5.75 Å². The molecule has 1 atom stereocenters. The zero-order valence-electron chi connectivity index (χ0n) is 12.2. The molecule has 0 aliphatic heterocycles. The molecule has 0 radical (unpaired) electrons. The van der Waals surface area contributed by atoms with Crippen LogP contribution in [0.2, 0.25) is 0 Å². The maximum atomic E-state index is 12.1. The van der Waals surface area contributed by atoms with Crippen LogP contribution >= 0.6 is 0 Å². The largest absolute Gasteiger partial charge is 0.497 e. The summed E-state index contributed by atoms with van der Waals surface area (Å²) < 4.78 is 32.7. The Hall–Kier alpha value is -1.64. The third-order valence-corrected chi connectivity index (χ3v) is 4.63. The van der Waals surface area contributed by atoms with Crippen LogP contribution in [-0.2, 0) is 15.0 Å². The molecule has 0 bridgehead atoms. The number of carboxylic acids is 1. The van der Waals surface area contributed by atoms with Crippen molar-refractivity contribution in [3.63, 3.8) is 0 Å². The summed E-state index contributed by atoms with van der Waals surface area (Å²) in [7, 11) is -0.872. The normalized spacial score (nSPS) is 13.1. The summed E-state index contributed by atoms with van der Waals surface area (Å²) in [5, 5.41) is 8.59. The molecule has 0 fully saturated rings. The molecule has 7 nitrogen and oxygen atoms in total. The van der Waals surface area contributed by atoms with Crippen molar-refractivity contribution in [1.82, 2.24) is 9.03 Å². The van der Waals surface area contributed by atoms with E-state index in [-0.39, 0.29) is 13.0 Å². The molecule has 1 rings (SSSR count). The van der Waals surface area contributed by atoms with E-state index in [0.29, 0.717) is 5.75 Å². The number of hydrogen-bond acceptors (Lipinski definition) is 4. The van der Waals surface area contributed by atoms with Gasteiger partial charge in [-0.3, -0.25) is 4.79 Å². The molecule has 1 aromatic rings. The zero-order chi connectivity index (χ0) is 16.0. The van der Waals surface area contributed by atoms with Crippen molar-refractivity contribution in [2.24, 2.45) is 0 Å². The summed E-state index contributed by atoms with van der Waals surface area (Å²) in [4.78, 5) is 10.5. The average molecular weight is 316 g/mol. The second kappa shape index (κ2) is 7.39. The van der Waals surface area contributed by atoms with E-state index in [4.69, 9.17) is 9.84 Å². The van der Waals surface area contributed by atoms with E-state index in [1.165, 1.54) is 14.2 Å². The van der Waals surface area contributed by atoms with E-state index in [1.54, 1.807) is 31.2 Å². The fraction of sp³-hybridized carbons (Fsp3) is 0.462. The Morgan fingerprint density at radius 2 is 2.14 bits per heavy atom. The number of methoxy groups -OCH3 is 1. The minimum absolute atomic E-state index is 0.0878.